The molecule has 0 aliphatic carbocycles. The van der Waals surface area contributed by atoms with Crippen molar-refractivity contribution in [2.45, 2.75) is 25.0 Å². The fourth-order valence-corrected chi connectivity index (χ4v) is 4.19. The number of hydrogen-bond donors (Lipinski definition) is 3. The number of aliphatic hydroxyl groups is 1. The molecule has 0 saturated carbocycles. The van der Waals surface area contributed by atoms with Crippen LogP contribution in [0.15, 0.2) is 36.4 Å². The number of aromatic nitrogens is 2. The molecule has 1 aromatic heterocycles. The van der Waals surface area contributed by atoms with Gasteiger partial charge < -0.3 is 25.8 Å². The van der Waals surface area contributed by atoms with Crippen molar-refractivity contribution in [3.05, 3.63) is 52.5 Å². The minimum atomic E-state index is -1.51. The molecule has 33 heavy (non-hydrogen) atoms. The number of hydrogen-bond acceptors (Lipinski definition) is 8. The monoisotopic (exact) mass is 466 g/mol. The van der Waals surface area contributed by atoms with E-state index in [9.17, 15) is 15.2 Å². The van der Waals surface area contributed by atoms with E-state index < -0.39 is 11.5 Å². The number of halogens is 1. The largest absolute Gasteiger partial charge is 0.495 e. The van der Waals surface area contributed by atoms with Crippen molar-refractivity contribution in [3.63, 3.8) is 0 Å². The Morgan fingerprint density at radius 3 is 2.67 bits per heavy atom. The zero-order valence-corrected chi connectivity index (χ0v) is 18.8. The quantitative estimate of drug-likeness (QED) is 0.504. The molecule has 1 saturated heterocycles. The first-order valence-corrected chi connectivity index (χ1v) is 10.8. The number of nitrogens with one attached hydrogen (secondary N) is 1. The molecular formula is C23H23ClN6O3. The van der Waals surface area contributed by atoms with Crippen molar-refractivity contribution in [2.24, 2.45) is 5.73 Å². The number of nitriles is 1. The van der Waals surface area contributed by atoms with E-state index in [1.54, 1.807) is 25.3 Å². The summed E-state index contributed by atoms with van der Waals surface area (Å²) in [5, 5.41) is 33.9. The van der Waals surface area contributed by atoms with Crippen LogP contribution in [-0.4, -0.2) is 47.0 Å². The molecule has 1 aliphatic rings. The number of carbonyl (C=O) groups excluding carboxylic acids is 1. The Hall–Kier alpha value is -3.61. The van der Waals surface area contributed by atoms with Crippen LogP contribution in [0.5, 0.6) is 5.75 Å². The highest BCUT2D eigenvalue weighted by molar-refractivity contribution is 6.32. The maximum Gasteiger partial charge on any atom is 0.249 e. The van der Waals surface area contributed by atoms with Crippen molar-refractivity contribution in [3.8, 4) is 11.8 Å². The number of anilines is 2. The number of benzene rings is 2. The summed E-state index contributed by atoms with van der Waals surface area (Å²) in [5.74, 6) is 1.04. The van der Waals surface area contributed by atoms with Gasteiger partial charge in [0.15, 0.2) is 11.6 Å². The van der Waals surface area contributed by atoms with Gasteiger partial charge in [-0.05, 0) is 35.9 Å². The predicted molar refractivity (Wildman–Crippen MR) is 125 cm³/mol. The SMILES string of the molecule is COc1ccc(CNc2nnc(N3CCC(O)(C(N)=O)CC3)c3ccc(C#N)cc23)cc1Cl. The first-order chi connectivity index (χ1) is 15.8. The average Bonchev–Trinajstić information content (AvgIpc) is 2.82. The van der Waals surface area contributed by atoms with Gasteiger partial charge in [0.1, 0.15) is 11.4 Å². The van der Waals surface area contributed by atoms with Crippen molar-refractivity contribution in [1.29, 1.82) is 5.26 Å². The van der Waals surface area contributed by atoms with Gasteiger partial charge in [-0.25, -0.2) is 0 Å². The summed E-state index contributed by atoms with van der Waals surface area (Å²) in [6.07, 6.45) is 0.417. The van der Waals surface area contributed by atoms with Gasteiger partial charge in [-0.3, -0.25) is 4.79 Å². The highest BCUT2D eigenvalue weighted by atomic mass is 35.5. The van der Waals surface area contributed by atoms with Crippen molar-refractivity contribution < 1.29 is 14.6 Å². The van der Waals surface area contributed by atoms with E-state index in [2.05, 4.69) is 21.6 Å². The number of piperidine rings is 1. The number of rotatable bonds is 6. The van der Waals surface area contributed by atoms with Gasteiger partial charge >= 0.3 is 0 Å². The Balaban J connectivity index is 1.63. The van der Waals surface area contributed by atoms with Crippen molar-refractivity contribution in [2.75, 3.05) is 30.4 Å². The molecule has 1 fully saturated rings. The maximum atomic E-state index is 11.6. The Morgan fingerprint density at radius 1 is 1.27 bits per heavy atom. The van der Waals surface area contributed by atoms with Crippen LogP contribution in [0, 0.1) is 11.3 Å². The Bertz CT molecular complexity index is 1250. The molecule has 0 spiro atoms. The van der Waals surface area contributed by atoms with Gasteiger partial charge in [0.05, 0.1) is 23.8 Å². The molecule has 1 aliphatic heterocycles. The highest BCUT2D eigenvalue weighted by Gasteiger charge is 2.38. The summed E-state index contributed by atoms with van der Waals surface area (Å²) in [7, 11) is 1.56. The average molecular weight is 467 g/mol. The Morgan fingerprint density at radius 2 is 2.03 bits per heavy atom. The molecule has 2 heterocycles. The van der Waals surface area contributed by atoms with Crippen LogP contribution in [0.1, 0.15) is 24.0 Å². The third-order valence-corrected chi connectivity index (χ3v) is 6.21. The third-order valence-electron chi connectivity index (χ3n) is 5.91. The number of nitrogens with zero attached hydrogens (tertiary/aromatic N) is 4. The lowest BCUT2D eigenvalue weighted by molar-refractivity contribution is -0.138. The summed E-state index contributed by atoms with van der Waals surface area (Å²) in [5.41, 5.74) is 5.27. The van der Waals surface area contributed by atoms with Crippen molar-refractivity contribution in [1.82, 2.24) is 10.2 Å². The molecule has 0 unspecified atom stereocenters. The lowest BCUT2D eigenvalue weighted by atomic mass is 9.90. The maximum absolute atomic E-state index is 11.6. The van der Waals surface area contributed by atoms with Gasteiger partial charge in [0.25, 0.3) is 0 Å². The lowest BCUT2D eigenvalue weighted by Crippen LogP contribution is -2.52. The van der Waals surface area contributed by atoms with Crippen LogP contribution in [0.4, 0.5) is 11.6 Å². The highest BCUT2D eigenvalue weighted by Crippen LogP contribution is 2.33. The standard InChI is InChI=1S/C23H23ClN6O3/c1-33-19-5-3-15(11-18(19)24)13-27-20-17-10-14(12-25)2-4-16(17)21(29-28-20)30-8-6-23(32,7-9-30)22(26)31/h2-5,10-11,32H,6-9,13H2,1H3,(H2,26,31)(H,27,28). The van der Waals surface area contributed by atoms with E-state index in [4.69, 9.17) is 22.1 Å². The zero-order valence-electron chi connectivity index (χ0n) is 18.0. The minimum absolute atomic E-state index is 0.208. The molecular weight excluding hydrogens is 444 g/mol. The van der Waals surface area contributed by atoms with E-state index in [0.717, 1.165) is 16.3 Å². The predicted octanol–water partition coefficient (Wildman–Crippen LogP) is 2.59. The molecule has 4 rings (SSSR count). The van der Waals surface area contributed by atoms with Crippen LogP contribution < -0.4 is 20.7 Å². The van der Waals surface area contributed by atoms with E-state index >= 15 is 0 Å². The molecule has 0 radical (unpaired) electrons. The summed E-state index contributed by atoms with van der Waals surface area (Å²) in [6.45, 7) is 1.25. The van der Waals surface area contributed by atoms with Crippen LogP contribution in [-0.2, 0) is 11.3 Å². The van der Waals surface area contributed by atoms with Crippen LogP contribution in [0.3, 0.4) is 0 Å². The molecule has 10 heteroatoms. The smallest absolute Gasteiger partial charge is 0.249 e. The summed E-state index contributed by atoms with van der Waals surface area (Å²) < 4.78 is 5.19. The van der Waals surface area contributed by atoms with E-state index in [0.29, 0.717) is 47.6 Å². The van der Waals surface area contributed by atoms with Crippen molar-refractivity contribution >= 4 is 39.9 Å². The molecule has 9 nitrogen and oxygen atoms in total. The normalized spacial score (nSPS) is 15.2. The van der Waals surface area contributed by atoms with Gasteiger partial charge in [0, 0.05) is 43.2 Å². The van der Waals surface area contributed by atoms with E-state index in [1.807, 2.05) is 23.1 Å². The fraction of sp³-hybridized carbons (Fsp3) is 0.304. The molecule has 170 valence electrons. The molecule has 3 aromatic rings. The molecule has 0 bridgehead atoms. The number of fused-ring (bicyclic) bond motifs is 1. The second-order valence-corrected chi connectivity index (χ2v) is 8.36. The number of nitrogens with two attached hydrogens (primary N) is 1. The first-order valence-electron chi connectivity index (χ1n) is 10.4. The number of carbonyl (C=O) groups is 1. The van der Waals surface area contributed by atoms with Gasteiger partial charge in [-0.1, -0.05) is 17.7 Å². The molecule has 0 atom stereocenters. The molecule has 1 amide bonds. The van der Waals surface area contributed by atoms with Gasteiger partial charge in [-0.15, -0.1) is 10.2 Å². The van der Waals surface area contributed by atoms with E-state index in [1.165, 1.54) is 0 Å². The molecule has 2 aromatic carbocycles. The van der Waals surface area contributed by atoms with Crippen LogP contribution in [0.25, 0.3) is 10.8 Å². The second-order valence-electron chi connectivity index (χ2n) is 7.95. The van der Waals surface area contributed by atoms with Gasteiger partial charge in [0.2, 0.25) is 5.91 Å². The molecule has 4 N–H and O–H groups in total. The summed E-state index contributed by atoms with van der Waals surface area (Å²) >= 11 is 6.22. The minimum Gasteiger partial charge on any atom is -0.495 e. The Kier molecular flexibility index (Phi) is 6.22. The fourth-order valence-electron chi connectivity index (χ4n) is 3.91. The number of ether oxygens (including phenoxy) is 1. The number of primary amides is 1. The summed E-state index contributed by atoms with van der Waals surface area (Å²) in [4.78, 5) is 13.5. The Labute approximate surface area is 195 Å². The zero-order chi connectivity index (χ0) is 23.6. The van der Waals surface area contributed by atoms with Crippen LogP contribution >= 0.6 is 11.6 Å². The lowest BCUT2D eigenvalue weighted by Gasteiger charge is -2.36. The van der Waals surface area contributed by atoms with Gasteiger partial charge in [-0.2, -0.15) is 5.26 Å². The number of amides is 1. The second kappa shape index (κ2) is 9.10. The topological polar surface area (TPSA) is 137 Å². The third kappa shape index (κ3) is 4.49. The van der Waals surface area contributed by atoms with Crippen LogP contribution in [0.2, 0.25) is 5.02 Å². The number of methoxy groups -OCH3 is 1. The summed E-state index contributed by atoms with van der Waals surface area (Å²) in [6, 6.07) is 13.0. The van der Waals surface area contributed by atoms with E-state index in [-0.39, 0.29) is 12.8 Å². The first kappa shape index (κ1) is 22.6.